The van der Waals surface area contributed by atoms with E-state index in [1.165, 1.54) is 0 Å². The van der Waals surface area contributed by atoms with Gasteiger partial charge in [-0.05, 0) is 12.5 Å². The largest absolute Gasteiger partial charge is 0.372 e. The zero-order valence-electron chi connectivity index (χ0n) is 12.4. The van der Waals surface area contributed by atoms with Gasteiger partial charge in [-0.25, -0.2) is 0 Å². The lowest BCUT2D eigenvalue weighted by Crippen LogP contribution is -2.50. The van der Waals surface area contributed by atoms with Gasteiger partial charge in [-0.2, -0.15) is 0 Å². The number of rotatable bonds is 9. The average molecular weight is 347 g/mol. The molecule has 0 heterocycles. The SMILES string of the molecule is CC(OCc1ccccc1)C(CNC(=O)CCl)NC(=O)CCl. The molecule has 0 aliphatic heterocycles. The van der Waals surface area contributed by atoms with Crippen LogP contribution in [0.15, 0.2) is 30.3 Å². The highest BCUT2D eigenvalue weighted by Crippen LogP contribution is 2.06. The molecule has 0 fully saturated rings. The number of ether oxygens (including phenoxy) is 1. The lowest BCUT2D eigenvalue weighted by Gasteiger charge is -2.25. The van der Waals surface area contributed by atoms with Crippen molar-refractivity contribution in [1.29, 1.82) is 0 Å². The summed E-state index contributed by atoms with van der Waals surface area (Å²) in [4.78, 5) is 22.7. The number of nitrogens with one attached hydrogen (secondary N) is 2. The molecule has 7 heteroatoms. The first-order chi connectivity index (χ1) is 10.6. The second-order valence-corrected chi connectivity index (χ2v) is 5.28. The van der Waals surface area contributed by atoms with E-state index in [0.29, 0.717) is 6.61 Å². The summed E-state index contributed by atoms with van der Waals surface area (Å²) in [5, 5.41) is 5.36. The fraction of sp³-hybridized carbons (Fsp3) is 0.467. The van der Waals surface area contributed by atoms with Crippen molar-refractivity contribution >= 4 is 35.0 Å². The molecule has 0 saturated heterocycles. The minimum absolute atomic E-state index is 0.130. The van der Waals surface area contributed by atoms with Crippen molar-refractivity contribution in [3.05, 3.63) is 35.9 Å². The van der Waals surface area contributed by atoms with Gasteiger partial charge in [-0.1, -0.05) is 30.3 Å². The molecule has 0 aliphatic carbocycles. The minimum Gasteiger partial charge on any atom is -0.372 e. The van der Waals surface area contributed by atoms with E-state index in [4.69, 9.17) is 27.9 Å². The van der Waals surface area contributed by atoms with Crippen molar-refractivity contribution in [2.24, 2.45) is 0 Å². The molecule has 2 atom stereocenters. The van der Waals surface area contributed by atoms with Crippen LogP contribution in [0.4, 0.5) is 0 Å². The molecule has 22 heavy (non-hydrogen) atoms. The van der Waals surface area contributed by atoms with Crippen molar-refractivity contribution in [1.82, 2.24) is 10.6 Å². The Balaban J connectivity index is 2.55. The summed E-state index contributed by atoms with van der Waals surface area (Å²) < 4.78 is 5.76. The Hall–Kier alpha value is -1.30. The van der Waals surface area contributed by atoms with Gasteiger partial charge in [-0.3, -0.25) is 9.59 Å². The molecule has 0 aliphatic rings. The molecule has 0 saturated carbocycles. The van der Waals surface area contributed by atoms with Gasteiger partial charge < -0.3 is 15.4 Å². The third-order valence-corrected chi connectivity index (χ3v) is 3.52. The zero-order valence-corrected chi connectivity index (χ0v) is 13.9. The van der Waals surface area contributed by atoms with Crippen molar-refractivity contribution in [2.45, 2.75) is 25.7 Å². The Kier molecular flexibility index (Phi) is 8.89. The van der Waals surface area contributed by atoms with E-state index in [1.807, 2.05) is 37.3 Å². The molecule has 1 aromatic rings. The lowest BCUT2D eigenvalue weighted by molar-refractivity contribution is -0.122. The number of amides is 2. The Morgan fingerprint density at radius 1 is 1.14 bits per heavy atom. The molecule has 1 aromatic carbocycles. The van der Waals surface area contributed by atoms with Crippen LogP contribution in [-0.2, 0) is 20.9 Å². The fourth-order valence-corrected chi connectivity index (χ4v) is 1.94. The highest BCUT2D eigenvalue weighted by atomic mass is 35.5. The van der Waals surface area contributed by atoms with Crippen molar-refractivity contribution in [3.8, 4) is 0 Å². The van der Waals surface area contributed by atoms with Gasteiger partial charge in [0.25, 0.3) is 0 Å². The van der Waals surface area contributed by atoms with E-state index in [1.54, 1.807) is 0 Å². The Morgan fingerprint density at radius 2 is 1.77 bits per heavy atom. The van der Waals surface area contributed by atoms with Crippen LogP contribution in [0.1, 0.15) is 12.5 Å². The maximum absolute atomic E-state index is 11.5. The van der Waals surface area contributed by atoms with E-state index in [0.717, 1.165) is 5.56 Å². The summed E-state index contributed by atoms with van der Waals surface area (Å²) >= 11 is 10.9. The summed E-state index contributed by atoms with van der Waals surface area (Å²) in [5.41, 5.74) is 1.03. The van der Waals surface area contributed by atoms with Gasteiger partial charge >= 0.3 is 0 Å². The summed E-state index contributed by atoms with van der Waals surface area (Å²) in [6.07, 6.45) is -0.303. The number of carbonyl (C=O) groups excluding carboxylic acids is 2. The monoisotopic (exact) mass is 346 g/mol. The summed E-state index contributed by atoms with van der Waals surface area (Å²) in [5.74, 6) is -0.898. The van der Waals surface area contributed by atoms with Gasteiger partial charge in [0.05, 0.1) is 18.8 Å². The second kappa shape index (κ2) is 10.4. The molecule has 0 aromatic heterocycles. The predicted molar refractivity (Wildman–Crippen MR) is 87.1 cm³/mol. The van der Waals surface area contributed by atoms with Crippen LogP contribution in [0.2, 0.25) is 0 Å². The van der Waals surface area contributed by atoms with E-state index < -0.39 is 0 Å². The van der Waals surface area contributed by atoms with Gasteiger partial charge in [0.15, 0.2) is 0 Å². The smallest absolute Gasteiger partial charge is 0.235 e. The van der Waals surface area contributed by atoms with Crippen LogP contribution >= 0.6 is 23.2 Å². The van der Waals surface area contributed by atoms with E-state index in [2.05, 4.69) is 10.6 Å². The molecule has 1 rings (SSSR count). The highest BCUT2D eigenvalue weighted by molar-refractivity contribution is 6.27. The lowest BCUT2D eigenvalue weighted by atomic mass is 10.1. The number of halogens is 2. The first-order valence-electron chi connectivity index (χ1n) is 6.90. The first-order valence-corrected chi connectivity index (χ1v) is 7.97. The fourth-order valence-electron chi connectivity index (χ4n) is 1.77. The topological polar surface area (TPSA) is 67.4 Å². The molecular formula is C15H20Cl2N2O3. The second-order valence-electron chi connectivity index (χ2n) is 4.75. The summed E-state index contributed by atoms with van der Waals surface area (Å²) in [7, 11) is 0. The van der Waals surface area contributed by atoms with Crippen LogP contribution < -0.4 is 10.6 Å². The number of hydrogen-bond acceptors (Lipinski definition) is 3. The first kappa shape index (κ1) is 18.7. The Morgan fingerprint density at radius 3 is 2.36 bits per heavy atom. The Labute approximate surface area is 140 Å². The number of carbonyl (C=O) groups is 2. The van der Waals surface area contributed by atoms with Crippen LogP contribution in [0.5, 0.6) is 0 Å². The third kappa shape index (κ3) is 7.11. The van der Waals surface area contributed by atoms with Crippen LogP contribution in [0.25, 0.3) is 0 Å². The van der Waals surface area contributed by atoms with E-state index in [-0.39, 0.29) is 42.3 Å². The quantitative estimate of drug-likeness (QED) is 0.668. The van der Waals surface area contributed by atoms with Crippen LogP contribution in [0, 0.1) is 0 Å². The molecule has 0 radical (unpaired) electrons. The van der Waals surface area contributed by atoms with Gasteiger partial charge in [0.1, 0.15) is 11.8 Å². The van der Waals surface area contributed by atoms with Gasteiger partial charge in [-0.15, -0.1) is 23.2 Å². The molecule has 2 N–H and O–H groups in total. The standard InChI is InChI=1S/C15H20Cl2N2O3/c1-11(22-10-12-5-3-2-4-6-12)13(19-15(21)8-17)9-18-14(20)7-16/h2-6,11,13H,7-10H2,1H3,(H,18,20)(H,19,21). The number of hydrogen-bond donors (Lipinski definition) is 2. The van der Waals surface area contributed by atoms with Crippen molar-refractivity contribution in [2.75, 3.05) is 18.3 Å². The van der Waals surface area contributed by atoms with Gasteiger partial charge in [0, 0.05) is 6.54 Å². The molecule has 0 bridgehead atoms. The maximum atomic E-state index is 11.5. The molecule has 2 unspecified atom stereocenters. The Bertz CT molecular complexity index is 471. The number of benzene rings is 1. The summed E-state index contributed by atoms with van der Waals surface area (Å²) in [6.45, 7) is 2.47. The zero-order chi connectivity index (χ0) is 16.4. The van der Waals surface area contributed by atoms with E-state index in [9.17, 15) is 9.59 Å². The van der Waals surface area contributed by atoms with Crippen LogP contribution in [0.3, 0.4) is 0 Å². The van der Waals surface area contributed by atoms with Crippen molar-refractivity contribution < 1.29 is 14.3 Å². The number of alkyl halides is 2. The third-order valence-electron chi connectivity index (χ3n) is 3.03. The molecule has 0 spiro atoms. The molecule has 2 amide bonds. The average Bonchev–Trinajstić information content (AvgIpc) is 2.56. The predicted octanol–water partition coefficient (Wildman–Crippen LogP) is 1.67. The highest BCUT2D eigenvalue weighted by Gasteiger charge is 2.20. The maximum Gasteiger partial charge on any atom is 0.235 e. The molecule has 5 nitrogen and oxygen atoms in total. The molecular weight excluding hydrogens is 327 g/mol. The van der Waals surface area contributed by atoms with Crippen LogP contribution in [-0.4, -0.2) is 42.3 Å². The summed E-state index contributed by atoms with van der Waals surface area (Å²) in [6, 6.07) is 9.30. The van der Waals surface area contributed by atoms with Gasteiger partial charge in [0.2, 0.25) is 11.8 Å². The molecule has 122 valence electrons. The minimum atomic E-state index is -0.387. The van der Waals surface area contributed by atoms with Crippen molar-refractivity contribution in [3.63, 3.8) is 0 Å². The van der Waals surface area contributed by atoms with E-state index >= 15 is 0 Å². The normalized spacial score (nSPS) is 13.2.